The third kappa shape index (κ3) is 8.39. The van der Waals surface area contributed by atoms with E-state index in [4.69, 9.17) is 16.3 Å². The number of amides is 3. The highest BCUT2D eigenvalue weighted by molar-refractivity contribution is 6.35. The van der Waals surface area contributed by atoms with Gasteiger partial charge in [-0.25, -0.2) is 5.43 Å². The molecule has 9 heteroatoms. The Morgan fingerprint density at radius 3 is 2.44 bits per heavy atom. The van der Waals surface area contributed by atoms with Crippen LogP contribution < -0.4 is 20.8 Å². The average molecular weight is 459 g/mol. The number of nitrogens with zero attached hydrogens (tertiary/aromatic N) is 1. The van der Waals surface area contributed by atoms with Crippen LogP contribution in [0.15, 0.2) is 47.6 Å². The highest BCUT2D eigenvalue weighted by Gasteiger charge is 2.12. The molecule has 0 aromatic heterocycles. The lowest BCUT2D eigenvalue weighted by molar-refractivity contribution is -0.139. The number of anilines is 1. The van der Waals surface area contributed by atoms with Gasteiger partial charge in [-0.1, -0.05) is 44.5 Å². The van der Waals surface area contributed by atoms with Crippen molar-refractivity contribution in [1.82, 2.24) is 10.7 Å². The average Bonchev–Trinajstić information content (AvgIpc) is 2.77. The smallest absolute Gasteiger partial charge is 0.329 e. The lowest BCUT2D eigenvalue weighted by Gasteiger charge is -2.09. The van der Waals surface area contributed by atoms with Crippen molar-refractivity contribution in [2.75, 3.05) is 18.5 Å². The highest BCUT2D eigenvalue weighted by atomic mass is 35.5. The summed E-state index contributed by atoms with van der Waals surface area (Å²) in [7, 11) is 0. The van der Waals surface area contributed by atoms with Gasteiger partial charge in [0.25, 0.3) is 5.91 Å². The molecule has 0 bridgehead atoms. The van der Waals surface area contributed by atoms with Crippen molar-refractivity contribution in [3.63, 3.8) is 0 Å². The van der Waals surface area contributed by atoms with Crippen LogP contribution in [0.2, 0.25) is 5.02 Å². The first-order valence-electron chi connectivity index (χ1n) is 10.2. The number of nitrogens with one attached hydrogen (secondary N) is 3. The summed E-state index contributed by atoms with van der Waals surface area (Å²) in [5, 5.41) is 9.27. The van der Waals surface area contributed by atoms with Crippen molar-refractivity contribution in [1.29, 1.82) is 0 Å². The second-order valence-corrected chi connectivity index (χ2v) is 7.79. The zero-order chi connectivity index (χ0) is 23.5. The molecular weight excluding hydrogens is 432 g/mol. The number of benzene rings is 2. The van der Waals surface area contributed by atoms with Crippen molar-refractivity contribution in [3.8, 4) is 5.75 Å². The number of ether oxygens (including phenoxy) is 1. The normalized spacial score (nSPS) is 10.8. The summed E-state index contributed by atoms with van der Waals surface area (Å²) in [6.07, 6.45) is 2.27. The number of halogens is 1. The Morgan fingerprint density at radius 1 is 1.09 bits per heavy atom. The van der Waals surface area contributed by atoms with Gasteiger partial charge in [0.05, 0.1) is 11.2 Å². The Hall–Kier alpha value is -3.39. The SMILES string of the molecule is CCc1ccc(NC(=O)COc2ccc(/C=N\NC(=O)C(=O)NCC(C)C)cc2Cl)cc1. The van der Waals surface area contributed by atoms with Gasteiger partial charge >= 0.3 is 11.8 Å². The van der Waals surface area contributed by atoms with Crippen LogP contribution in [0.25, 0.3) is 0 Å². The van der Waals surface area contributed by atoms with Gasteiger partial charge < -0.3 is 15.4 Å². The molecule has 2 aromatic rings. The molecule has 0 heterocycles. The van der Waals surface area contributed by atoms with Gasteiger partial charge in [-0.2, -0.15) is 5.10 Å². The second-order valence-electron chi connectivity index (χ2n) is 7.38. The number of carbonyl (C=O) groups excluding carboxylic acids is 3. The van der Waals surface area contributed by atoms with Crippen LogP contribution in [0.3, 0.4) is 0 Å². The van der Waals surface area contributed by atoms with Crippen molar-refractivity contribution < 1.29 is 19.1 Å². The van der Waals surface area contributed by atoms with Crippen molar-refractivity contribution >= 4 is 41.2 Å². The lowest BCUT2D eigenvalue weighted by Crippen LogP contribution is -2.39. The molecule has 0 atom stereocenters. The minimum Gasteiger partial charge on any atom is -0.482 e. The van der Waals surface area contributed by atoms with E-state index in [-0.39, 0.29) is 23.5 Å². The van der Waals surface area contributed by atoms with E-state index >= 15 is 0 Å². The molecule has 0 saturated heterocycles. The van der Waals surface area contributed by atoms with Crippen LogP contribution in [0.5, 0.6) is 5.75 Å². The Kier molecular flexibility index (Phi) is 9.69. The molecule has 0 radical (unpaired) electrons. The highest BCUT2D eigenvalue weighted by Crippen LogP contribution is 2.25. The van der Waals surface area contributed by atoms with E-state index in [1.807, 2.05) is 38.1 Å². The number of carbonyl (C=O) groups is 3. The Labute approximate surface area is 192 Å². The van der Waals surface area contributed by atoms with Gasteiger partial charge in [-0.05, 0) is 53.8 Å². The summed E-state index contributed by atoms with van der Waals surface area (Å²) >= 11 is 6.20. The van der Waals surface area contributed by atoms with Crippen LogP contribution in [0.4, 0.5) is 5.69 Å². The fraction of sp³-hybridized carbons (Fsp3) is 0.304. The van der Waals surface area contributed by atoms with Crippen molar-refractivity contribution in [2.45, 2.75) is 27.2 Å². The third-order valence-electron chi connectivity index (χ3n) is 4.22. The van der Waals surface area contributed by atoms with E-state index in [0.717, 1.165) is 6.42 Å². The summed E-state index contributed by atoms with van der Waals surface area (Å²) in [6.45, 7) is 6.10. The first-order chi connectivity index (χ1) is 15.3. The van der Waals surface area contributed by atoms with Gasteiger partial charge in [0.15, 0.2) is 6.61 Å². The van der Waals surface area contributed by atoms with Crippen LogP contribution in [0.1, 0.15) is 31.9 Å². The monoisotopic (exact) mass is 458 g/mol. The molecule has 0 fully saturated rings. The summed E-state index contributed by atoms with van der Waals surface area (Å²) in [6, 6.07) is 12.4. The molecule has 0 spiro atoms. The fourth-order valence-electron chi connectivity index (χ4n) is 2.47. The topological polar surface area (TPSA) is 109 Å². The van der Waals surface area contributed by atoms with Crippen molar-refractivity contribution in [2.24, 2.45) is 11.0 Å². The van der Waals surface area contributed by atoms with Crippen LogP contribution in [0, 0.1) is 5.92 Å². The quantitative estimate of drug-likeness (QED) is 0.304. The zero-order valence-corrected chi connectivity index (χ0v) is 19.0. The Balaban J connectivity index is 1.83. The maximum absolute atomic E-state index is 12.1. The van der Waals surface area contributed by atoms with Crippen LogP contribution >= 0.6 is 11.6 Å². The fourth-order valence-corrected chi connectivity index (χ4v) is 2.72. The maximum Gasteiger partial charge on any atom is 0.329 e. The number of rotatable bonds is 9. The molecule has 3 amide bonds. The van der Waals surface area contributed by atoms with E-state index in [1.165, 1.54) is 11.8 Å². The van der Waals surface area contributed by atoms with Gasteiger partial charge in [0.2, 0.25) is 0 Å². The molecule has 32 heavy (non-hydrogen) atoms. The van der Waals surface area contributed by atoms with Gasteiger partial charge in [0, 0.05) is 12.2 Å². The molecule has 0 aliphatic heterocycles. The molecular formula is C23H27ClN4O4. The summed E-state index contributed by atoms with van der Waals surface area (Å²) in [4.78, 5) is 35.3. The number of aryl methyl sites for hydroxylation is 1. The van der Waals surface area contributed by atoms with E-state index < -0.39 is 11.8 Å². The summed E-state index contributed by atoms with van der Waals surface area (Å²) < 4.78 is 5.48. The lowest BCUT2D eigenvalue weighted by atomic mass is 10.1. The van der Waals surface area contributed by atoms with E-state index in [2.05, 4.69) is 28.1 Å². The Morgan fingerprint density at radius 2 is 1.81 bits per heavy atom. The minimum atomic E-state index is -0.858. The maximum atomic E-state index is 12.1. The third-order valence-corrected chi connectivity index (χ3v) is 4.51. The second kappa shape index (κ2) is 12.5. The predicted octanol–water partition coefficient (Wildman–Crippen LogP) is 3.14. The largest absolute Gasteiger partial charge is 0.482 e. The summed E-state index contributed by atoms with van der Waals surface area (Å²) in [5.74, 6) is -1.36. The van der Waals surface area contributed by atoms with Gasteiger partial charge in [0.1, 0.15) is 5.75 Å². The van der Waals surface area contributed by atoms with Crippen LogP contribution in [-0.4, -0.2) is 37.1 Å². The molecule has 2 aromatic carbocycles. The van der Waals surface area contributed by atoms with Gasteiger partial charge in [-0.3, -0.25) is 14.4 Å². The molecule has 170 valence electrons. The molecule has 8 nitrogen and oxygen atoms in total. The van der Waals surface area contributed by atoms with E-state index in [1.54, 1.807) is 18.2 Å². The van der Waals surface area contributed by atoms with Crippen molar-refractivity contribution in [3.05, 3.63) is 58.6 Å². The van der Waals surface area contributed by atoms with E-state index in [0.29, 0.717) is 23.5 Å². The van der Waals surface area contributed by atoms with Gasteiger partial charge in [-0.15, -0.1) is 0 Å². The molecule has 2 rings (SSSR count). The predicted molar refractivity (Wildman–Crippen MR) is 125 cm³/mol. The van der Waals surface area contributed by atoms with Crippen LogP contribution in [-0.2, 0) is 20.8 Å². The summed E-state index contributed by atoms with van der Waals surface area (Å²) in [5.41, 5.74) is 4.60. The number of hydrazone groups is 1. The first kappa shape index (κ1) is 24.9. The molecule has 0 saturated carbocycles. The minimum absolute atomic E-state index is 0.204. The standard InChI is InChI=1S/C23H27ClN4O4/c1-4-16-5-8-18(9-6-16)27-21(29)14-32-20-10-7-17(11-19(20)24)13-26-28-23(31)22(30)25-12-15(2)3/h5-11,13,15H,4,12,14H2,1-3H3,(H,25,30)(H,27,29)(H,28,31)/b26-13-. The zero-order valence-electron chi connectivity index (χ0n) is 18.3. The number of hydrogen-bond donors (Lipinski definition) is 3. The molecule has 0 aliphatic carbocycles. The molecule has 0 unspecified atom stereocenters. The number of hydrogen-bond acceptors (Lipinski definition) is 5. The Bertz CT molecular complexity index is 974. The molecule has 0 aliphatic rings. The first-order valence-corrected chi connectivity index (χ1v) is 10.6. The van der Waals surface area contributed by atoms with E-state index in [9.17, 15) is 14.4 Å². The molecule has 3 N–H and O–H groups in total.